The highest BCUT2D eigenvalue weighted by Crippen LogP contribution is 2.33. The maximum absolute atomic E-state index is 14.6. The molecule has 0 aliphatic heterocycles. The molecule has 1 atom stereocenters. The molecule has 0 aromatic heterocycles. The second-order valence-electron chi connectivity index (χ2n) is 10.9. The van der Waals surface area contributed by atoms with Gasteiger partial charge in [0.25, 0.3) is 10.0 Å². The van der Waals surface area contributed by atoms with Gasteiger partial charge in [-0.25, -0.2) is 8.42 Å². The molecule has 248 valence electrons. The first kappa shape index (κ1) is 35.3. The van der Waals surface area contributed by atoms with E-state index in [1.807, 2.05) is 37.3 Å². The fourth-order valence-corrected chi connectivity index (χ4v) is 6.62. The molecular weight excluding hydrogens is 638 g/mol. The maximum atomic E-state index is 14.6. The van der Waals surface area contributed by atoms with Gasteiger partial charge in [0, 0.05) is 24.5 Å². The third-order valence-electron chi connectivity index (χ3n) is 7.65. The van der Waals surface area contributed by atoms with Crippen LogP contribution in [0, 0.1) is 0 Å². The summed E-state index contributed by atoms with van der Waals surface area (Å²) in [5.74, 6) is -0.156. The van der Waals surface area contributed by atoms with E-state index in [2.05, 4.69) is 5.32 Å². The quantitative estimate of drug-likeness (QED) is 0.144. The van der Waals surface area contributed by atoms with Crippen molar-refractivity contribution in [2.75, 3.05) is 31.6 Å². The molecule has 1 N–H and O–H groups in total. The summed E-state index contributed by atoms with van der Waals surface area (Å²) in [6.45, 7) is 1.91. The number of methoxy groups -OCH3 is 2. The number of carbonyl (C=O) groups is 2. The Morgan fingerprint density at radius 2 is 1.49 bits per heavy atom. The number of rotatable bonds is 16. The number of para-hydroxylation sites is 2. The largest absolute Gasteiger partial charge is 0.497 e. The molecule has 0 saturated heterocycles. The third-order valence-corrected chi connectivity index (χ3v) is 9.67. The number of halogens is 1. The van der Waals surface area contributed by atoms with Crippen molar-refractivity contribution in [3.8, 4) is 11.5 Å². The van der Waals surface area contributed by atoms with E-state index in [0.717, 1.165) is 28.3 Å². The molecule has 4 aromatic rings. The van der Waals surface area contributed by atoms with Crippen molar-refractivity contribution in [3.63, 3.8) is 0 Å². The SMILES string of the molecule is CCCCNC(=O)C(Cc1ccccc1)N(Cc1ccc(Cl)cc1)C(=O)CN(c1ccccc1OC)S(=O)(=O)c1ccc(OC)cc1. The molecule has 2 amide bonds. The van der Waals surface area contributed by atoms with Crippen LogP contribution in [0.25, 0.3) is 0 Å². The molecule has 0 aliphatic rings. The Labute approximate surface area is 282 Å². The summed E-state index contributed by atoms with van der Waals surface area (Å²) < 4.78 is 40.4. The molecule has 9 nitrogen and oxygen atoms in total. The zero-order chi connectivity index (χ0) is 33.8. The fourth-order valence-electron chi connectivity index (χ4n) is 5.07. The summed E-state index contributed by atoms with van der Waals surface area (Å²) in [6.07, 6.45) is 1.88. The second-order valence-corrected chi connectivity index (χ2v) is 13.2. The van der Waals surface area contributed by atoms with Gasteiger partial charge in [0.15, 0.2) is 0 Å². The highest BCUT2D eigenvalue weighted by Gasteiger charge is 2.35. The van der Waals surface area contributed by atoms with Gasteiger partial charge in [0.2, 0.25) is 11.8 Å². The molecule has 0 heterocycles. The Kier molecular flexibility index (Phi) is 12.7. The number of hydrogen-bond acceptors (Lipinski definition) is 6. The van der Waals surface area contributed by atoms with Gasteiger partial charge >= 0.3 is 0 Å². The van der Waals surface area contributed by atoms with Crippen LogP contribution in [-0.4, -0.2) is 58.5 Å². The minimum atomic E-state index is -4.31. The van der Waals surface area contributed by atoms with E-state index in [1.54, 1.807) is 60.7 Å². The first-order valence-corrected chi connectivity index (χ1v) is 17.1. The number of unbranched alkanes of at least 4 members (excludes halogenated alkanes) is 1. The molecule has 0 radical (unpaired) electrons. The van der Waals surface area contributed by atoms with Crippen molar-refractivity contribution in [1.29, 1.82) is 0 Å². The van der Waals surface area contributed by atoms with Crippen molar-refractivity contribution in [1.82, 2.24) is 10.2 Å². The molecule has 0 saturated carbocycles. The molecule has 11 heteroatoms. The average molecular weight is 678 g/mol. The van der Waals surface area contributed by atoms with Gasteiger partial charge in [-0.3, -0.25) is 13.9 Å². The summed E-state index contributed by atoms with van der Waals surface area (Å²) in [5, 5.41) is 3.51. The Hall–Kier alpha value is -4.54. The molecular formula is C36H40ClN3O6S. The Balaban J connectivity index is 1.81. The lowest BCUT2D eigenvalue weighted by Crippen LogP contribution is -2.53. The van der Waals surface area contributed by atoms with Gasteiger partial charge in [-0.15, -0.1) is 0 Å². The highest BCUT2D eigenvalue weighted by molar-refractivity contribution is 7.92. The number of anilines is 1. The Bertz CT molecular complexity index is 1720. The predicted molar refractivity (Wildman–Crippen MR) is 184 cm³/mol. The Morgan fingerprint density at radius 3 is 2.13 bits per heavy atom. The number of amides is 2. The third kappa shape index (κ3) is 9.27. The van der Waals surface area contributed by atoms with E-state index in [-0.39, 0.29) is 35.2 Å². The summed E-state index contributed by atoms with van der Waals surface area (Å²) in [6, 6.07) is 28.0. The molecule has 0 spiro atoms. The molecule has 47 heavy (non-hydrogen) atoms. The maximum Gasteiger partial charge on any atom is 0.264 e. The number of hydrogen-bond donors (Lipinski definition) is 1. The van der Waals surface area contributed by atoms with Crippen molar-refractivity contribution in [3.05, 3.63) is 119 Å². The van der Waals surface area contributed by atoms with Crippen molar-refractivity contribution >= 4 is 39.1 Å². The van der Waals surface area contributed by atoms with E-state index in [0.29, 0.717) is 17.3 Å². The molecule has 0 bridgehead atoms. The molecule has 4 aromatic carbocycles. The topological polar surface area (TPSA) is 105 Å². The van der Waals surface area contributed by atoms with Gasteiger partial charge in [-0.2, -0.15) is 0 Å². The van der Waals surface area contributed by atoms with E-state index in [9.17, 15) is 18.0 Å². The number of nitrogens with one attached hydrogen (secondary N) is 1. The monoisotopic (exact) mass is 677 g/mol. The lowest BCUT2D eigenvalue weighted by Gasteiger charge is -2.34. The van der Waals surface area contributed by atoms with Crippen LogP contribution in [0.1, 0.15) is 30.9 Å². The van der Waals surface area contributed by atoms with E-state index in [1.165, 1.54) is 31.3 Å². The first-order chi connectivity index (χ1) is 22.7. The lowest BCUT2D eigenvalue weighted by atomic mass is 10.0. The molecule has 4 rings (SSSR count). The zero-order valence-electron chi connectivity index (χ0n) is 26.8. The van der Waals surface area contributed by atoms with Crippen LogP contribution in [0.4, 0.5) is 5.69 Å². The number of carbonyl (C=O) groups excluding carboxylic acids is 2. The normalized spacial score (nSPS) is 11.7. The minimum absolute atomic E-state index is 0.0387. The van der Waals surface area contributed by atoms with Crippen LogP contribution in [0.2, 0.25) is 5.02 Å². The summed E-state index contributed by atoms with van der Waals surface area (Å²) in [5.41, 5.74) is 1.76. The minimum Gasteiger partial charge on any atom is -0.497 e. The molecule has 0 aliphatic carbocycles. The van der Waals surface area contributed by atoms with E-state index >= 15 is 0 Å². The predicted octanol–water partition coefficient (Wildman–Crippen LogP) is 6.11. The van der Waals surface area contributed by atoms with Gasteiger partial charge in [0.05, 0.1) is 24.8 Å². The van der Waals surface area contributed by atoms with Crippen LogP contribution in [-0.2, 0) is 32.6 Å². The van der Waals surface area contributed by atoms with Crippen LogP contribution >= 0.6 is 11.6 Å². The van der Waals surface area contributed by atoms with Crippen LogP contribution < -0.4 is 19.1 Å². The van der Waals surface area contributed by atoms with Gasteiger partial charge in [-0.1, -0.05) is 79.5 Å². The summed E-state index contributed by atoms with van der Waals surface area (Å²) in [7, 11) is -1.39. The summed E-state index contributed by atoms with van der Waals surface area (Å²) >= 11 is 6.16. The van der Waals surface area contributed by atoms with Crippen molar-refractivity contribution in [2.45, 2.75) is 43.7 Å². The number of sulfonamides is 1. The van der Waals surface area contributed by atoms with Crippen LogP contribution in [0.3, 0.4) is 0 Å². The van der Waals surface area contributed by atoms with Crippen LogP contribution in [0.5, 0.6) is 11.5 Å². The smallest absolute Gasteiger partial charge is 0.264 e. The van der Waals surface area contributed by atoms with E-state index < -0.39 is 28.5 Å². The molecule has 0 fully saturated rings. The van der Waals surface area contributed by atoms with Gasteiger partial charge in [-0.05, 0) is 66.1 Å². The number of ether oxygens (including phenoxy) is 2. The van der Waals surface area contributed by atoms with Crippen molar-refractivity contribution < 1.29 is 27.5 Å². The van der Waals surface area contributed by atoms with Gasteiger partial charge in [0.1, 0.15) is 24.1 Å². The van der Waals surface area contributed by atoms with Crippen molar-refractivity contribution in [2.24, 2.45) is 0 Å². The second kappa shape index (κ2) is 16.9. The number of nitrogens with zero attached hydrogens (tertiary/aromatic N) is 2. The lowest BCUT2D eigenvalue weighted by molar-refractivity contribution is -0.140. The standard InChI is InChI=1S/C36H40ClN3O6S/c1-4-5-23-38-36(42)33(24-27-11-7-6-8-12-27)39(25-28-15-17-29(37)18-16-28)35(41)26-40(32-13-9-10-14-34(32)46-3)47(43,44)31-21-19-30(45-2)20-22-31/h6-22,33H,4-5,23-26H2,1-3H3,(H,38,42). The molecule has 1 unspecified atom stereocenters. The first-order valence-electron chi connectivity index (χ1n) is 15.3. The fraction of sp³-hybridized carbons (Fsp3) is 0.278. The highest BCUT2D eigenvalue weighted by atomic mass is 35.5. The zero-order valence-corrected chi connectivity index (χ0v) is 28.3. The Morgan fingerprint density at radius 1 is 0.830 bits per heavy atom. The average Bonchev–Trinajstić information content (AvgIpc) is 3.09. The number of benzene rings is 4. The van der Waals surface area contributed by atoms with E-state index in [4.69, 9.17) is 21.1 Å². The van der Waals surface area contributed by atoms with Crippen LogP contribution in [0.15, 0.2) is 108 Å². The summed E-state index contributed by atoms with van der Waals surface area (Å²) in [4.78, 5) is 29.9. The van der Waals surface area contributed by atoms with Gasteiger partial charge < -0.3 is 19.7 Å².